The number of amides is 1. The Morgan fingerprint density at radius 2 is 1.72 bits per heavy atom. The second-order valence-corrected chi connectivity index (χ2v) is 12.7. The van der Waals surface area contributed by atoms with Crippen molar-refractivity contribution in [2.24, 2.45) is 0 Å². The number of rotatable bonds is 9. The highest BCUT2D eigenvalue weighted by molar-refractivity contribution is 6.30. The quantitative estimate of drug-likeness (QED) is 0.263. The van der Waals surface area contributed by atoms with Crippen molar-refractivity contribution < 1.29 is 14.3 Å². The Morgan fingerprint density at radius 1 is 1.00 bits per heavy atom. The van der Waals surface area contributed by atoms with E-state index in [0.29, 0.717) is 23.9 Å². The Bertz CT molecular complexity index is 1390. The molecular formula is C33H43ClN6O3. The van der Waals surface area contributed by atoms with E-state index in [1.807, 2.05) is 75.2 Å². The van der Waals surface area contributed by atoms with Crippen molar-refractivity contribution >= 4 is 29.2 Å². The summed E-state index contributed by atoms with van der Waals surface area (Å²) in [5.74, 6) is 3.25. The fourth-order valence-corrected chi connectivity index (χ4v) is 5.70. The zero-order chi connectivity index (χ0) is 30.4. The van der Waals surface area contributed by atoms with E-state index < -0.39 is 5.60 Å². The molecule has 3 heterocycles. The zero-order valence-corrected chi connectivity index (χ0v) is 26.4. The van der Waals surface area contributed by atoms with Gasteiger partial charge in [0.05, 0.1) is 6.04 Å². The molecule has 43 heavy (non-hydrogen) atoms. The topological polar surface area (TPSA) is 83.1 Å². The highest BCUT2D eigenvalue weighted by Crippen LogP contribution is 2.35. The number of anilines is 2. The number of unbranched alkanes of at least 4 members (excludes halogenated alkanes) is 1. The maximum atomic E-state index is 12.4. The molecule has 1 saturated heterocycles. The van der Waals surface area contributed by atoms with Crippen molar-refractivity contribution in [3.63, 3.8) is 0 Å². The summed E-state index contributed by atoms with van der Waals surface area (Å²) >= 11 is 6.12. The van der Waals surface area contributed by atoms with Crippen molar-refractivity contribution in [3.8, 4) is 11.5 Å². The standard InChI is InChI=1S/C33H43ClN6O3/c1-24-35-23-29-30(37-26-10-8-12-28(22-26)42-27-11-7-9-25(34)21-27)13-16-39(31(29)36-24)15-6-5-14-38-17-19-40(20-18-38)32(41)43-33(2,3)4/h7-12,21-23,30,37H,5-6,13-20H2,1-4H3. The molecule has 1 aromatic heterocycles. The minimum atomic E-state index is -0.459. The first kappa shape index (κ1) is 30.9. The summed E-state index contributed by atoms with van der Waals surface area (Å²) in [6.07, 6.45) is 4.89. The van der Waals surface area contributed by atoms with Gasteiger partial charge in [-0.25, -0.2) is 14.8 Å². The lowest BCUT2D eigenvalue weighted by Crippen LogP contribution is -2.50. The third kappa shape index (κ3) is 8.74. The van der Waals surface area contributed by atoms with Gasteiger partial charge in [-0.2, -0.15) is 0 Å². The van der Waals surface area contributed by atoms with Crippen LogP contribution < -0.4 is 15.0 Å². The molecule has 1 unspecified atom stereocenters. The smallest absolute Gasteiger partial charge is 0.410 e. The summed E-state index contributed by atoms with van der Waals surface area (Å²) in [4.78, 5) is 28.4. The van der Waals surface area contributed by atoms with E-state index in [1.54, 1.807) is 6.07 Å². The zero-order valence-electron chi connectivity index (χ0n) is 25.7. The highest BCUT2D eigenvalue weighted by Gasteiger charge is 2.28. The fraction of sp³-hybridized carbons (Fsp3) is 0.485. The van der Waals surface area contributed by atoms with E-state index in [1.165, 1.54) is 0 Å². The predicted octanol–water partition coefficient (Wildman–Crippen LogP) is 6.93. The van der Waals surface area contributed by atoms with Gasteiger partial charge in [0, 0.05) is 67.8 Å². The van der Waals surface area contributed by atoms with Crippen LogP contribution in [-0.4, -0.2) is 77.3 Å². The van der Waals surface area contributed by atoms with E-state index >= 15 is 0 Å². The van der Waals surface area contributed by atoms with Crippen LogP contribution in [0.4, 0.5) is 16.3 Å². The van der Waals surface area contributed by atoms with Gasteiger partial charge in [-0.15, -0.1) is 0 Å². The minimum Gasteiger partial charge on any atom is -0.457 e. The molecule has 0 aliphatic carbocycles. The molecule has 0 spiro atoms. The van der Waals surface area contributed by atoms with Gasteiger partial charge in [-0.1, -0.05) is 23.7 Å². The molecule has 1 fully saturated rings. The van der Waals surface area contributed by atoms with Crippen LogP contribution in [0.1, 0.15) is 57.5 Å². The number of hydrogen-bond acceptors (Lipinski definition) is 8. The van der Waals surface area contributed by atoms with Gasteiger partial charge < -0.3 is 24.6 Å². The van der Waals surface area contributed by atoms with Gasteiger partial charge >= 0.3 is 6.09 Å². The number of halogens is 1. The van der Waals surface area contributed by atoms with Gasteiger partial charge in [0.1, 0.15) is 28.7 Å². The Balaban J connectivity index is 1.12. The third-order valence-corrected chi connectivity index (χ3v) is 7.90. The van der Waals surface area contributed by atoms with Crippen molar-refractivity contribution in [1.82, 2.24) is 19.8 Å². The van der Waals surface area contributed by atoms with Crippen LogP contribution in [-0.2, 0) is 4.74 Å². The van der Waals surface area contributed by atoms with E-state index in [0.717, 1.165) is 80.6 Å². The van der Waals surface area contributed by atoms with Crippen molar-refractivity contribution in [2.75, 3.05) is 56.0 Å². The number of aryl methyl sites for hydroxylation is 1. The SMILES string of the molecule is Cc1ncc2c(n1)N(CCCCN1CCN(C(=O)OC(C)(C)C)CC1)CCC2Nc1cccc(Oc2cccc(Cl)c2)c1. The number of hydrogen-bond donors (Lipinski definition) is 1. The first-order valence-electron chi connectivity index (χ1n) is 15.2. The summed E-state index contributed by atoms with van der Waals surface area (Å²) < 4.78 is 11.6. The molecule has 0 radical (unpaired) electrons. The van der Waals surface area contributed by atoms with Gasteiger partial charge in [0.2, 0.25) is 0 Å². The monoisotopic (exact) mass is 606 g/mol. The van der Waals surface area contributed by atoms with Crippen molar-refractivity contribution in [3.05, 3.63) is 71.1 Å². The fourth-order valence-electron chi connectivity index (χ4n) is 5.52. The van der Waals surface area contributed by atoms with E-state index in [2.05, 4.69) is 26.2 Å². The molecule has 1 atom stereocenters. The van der Waals surface area contributed by atoms with Crippen LogP contribution in [0.15, 0.2) is 54.7 Å². The Morgan fingerprint density at radius 3 is 2.47 bits per heavy atom. The number of piperazine rings is 1. The molecule has 230 valence electrons. The average Bonchev–Trinajstić information content (AvgIpc) is 2.96. The third-order valence-electron chi connectivity index (χ3n) is 7.66. The van der Waals surface area contributed by atoms with Crippen LogP contribution in [0.3, 0.4) is 0 Å². The molecule has 2 aromatic carbocycles. The maximum Gasteiger partial charge on any atom is 0.410 e. The molecule has 0 bridgehead atoms. The van der Waals surface area contributed by atoms with E-state index in [-0.39, 0.29) is 12.1 Å². The normalized spacial score (nSPS) is 17.4. The number of nitrogens with one attached hydrogen (secondary N) is 1. The molecule has 9 nitrogen and oxygen atoms in total. The lowest BCUT2D eigenvalue weighted by Gasteiger charge is -2.36. The highest BCUT2D eigenvalue weighted by atomic mass is 35.5. The molecule has 3 aromatic rings. The lowest BCUT2D eigenvalue weighted by atomic mass is 10.00. The number of aromatic nitrogens is 2. The Labute approximate surface area is 260 Å². The van der Waals surface area contributed by atoms with Crippen molar-refractivity contribution in [1.29, 1.82) is 0 Å². The number of nitrogens with zero attached hydrogens (tertiary/aromatic N) is 5. The molecule has 1 amide bonds. The number of ether oxygens (including phenoxy) is 2. The largest absolute Gasteiger partial charge is 0.457 e. The summed E-state index contributed by atoms with van der Waals surface area (Å²) in [6.45, 7) is 13.8. The van der Waals surface area contributed by atoms with Crippen LogP contribution in [0.25, 0.3) is 0 Å². The average molecular weight is 607 g/mol. The lowest BCUT2D eigenvalue weighted by molar-refractivity contribution is 0.0144. The minimum absolute atomic E-state index is 0.106. The molecule has 5 rings (SSSR count). The van der Waals surface area contributed by atoms with Gasteiger partial charge in [-0.3, -0.25) is 4.90 Å². The molecular weight excluding hydrogens is 564 g/mol. The van der Waals surface area contributed by atoms with Crippen molar-refractivity contribution in [2.45, 2.75) is 58.6 Å². The molecule has 2 aliphatic heterocycles. The maximum absolute atomic E-state index is 12.4. The molecule has 2 aliphatic rings. The van der Waals surface area contributed by atoms with Crippen LogP contribution in [0, 0.1) is 6.92 Å². The Hall–Kier alpha value is -3.56. The van der Waals surface area contributed by atoms with Crippen LogP contribution in [0.2, 0.25) is 5.02 Å². The summed E-state index contributed by atoms with van der Waals surface area (Å²) in [6, 6.07) is 15.5. The molecule has 1 N–H and O–H groups in total. The summed E-state index contributed by atoms with van der Waals surface area (Å²) in [5, 5.41) is 4.33. The molecule has 0 saturated carbocycles. The van der Waals surface area contributed by atoms with E-state index in [4.69, 9.17) is 26.1 Å². The number of carbonyl (C=O) groups excluding carboxylic acids is 1. The summed E-state index contributed by atoms with van der Waals surface area (Å²) in [5.41, 5.74) is 1.64. The predicted molar refractivity (Wildman–Crippen MR) is 171 cm³/mol. The number of fused-ring (bicyclic) bond motifs is 1. The Kier molecular flexibility index (Phi) is 9.93. The van der Waals surface area contributed by atoms with Gasteiger partial charge in [0.15, 0.2) is 0 Å². The second-order valence-electron chi connectivity index (χ2n) is 12.3. The van der Waals surface area contributed by atoms with Gasteiger partial charge in [0.25, 0.3) is 0 Å². The second kappa shape index (κ2) is 13.8. The number of carbonyl (C=O) groups is 1. The first-order valence-corrected chi connectivity index (χ1v) is 15.6. The van der Waals surface area contributed by atoms with Gasteiger partial charge in [-0.05, 0) is 83.8 Å². The van der Waals surface area contributed by atoms with Crippen LogP contribution in [0.5, 0.6) is 11.5 Å². The first-order chi connectivity index (χ1) is 20.6. The summed E-state index contributed by atoms with van der Waals surface area (Å²) in [7, 11) is 0. The van der Waals surface area contributed by atoms with E-state index in [9.17, 15) is 4.79 Å². The molecule has 10 heteroatoms. The number of benzene rings is 2. The van der Waals surface area contributed by atoms with Crippen LogP contribution >= 0.6 is 11.6 Å².